The normalized spacial score (nSPS) is 12.1. The van der Waals surface area contributed by atoms with Crippen molar-refractivity contribution in [1.82, 2.24) is 0 Å². The van der Waals surface area contributed by atoms with Crippen molar-refractivity contribution >= 4 is 11.1 Å². The fraction of sp³-hybridized carbons (Fsp3) is 0.143. The predicted molar refractivity (Wildman–Crippen MR) is 69.4 cm³/mol. The Bertz CT molecular complexity index is 549. The summed E-state index contributed by atoms with van der Waals surface area (Å²) in [5.41, 5.74) is 2.16. The minimum absolute atomic E-state index is 0.629. The highest BCUT2D eigenvalue weighted by Crippen LogP contribution is 2.17. The van der Waals surface area contributed by atoms with Gasteiger partial charge in [-0.05, 0) is 49.2 Å². The third kappa shape index (κ3) is 3.17. The van der Waals surface area contributed by atoms with E-state index in [-0.39, 0.29) is 0 Å². The highest BCUT2D eigenvalue weighted by atomic mass is 32.2. The maximum Gasteiger partial charge on any atom is 0.240 e. The predicted octanol–water partition coefficient (Wildman–Crippen LogP) is 3.41. The number of hydrogen-bond acceptors (Lipinski definition) is 2. The van der Waals surface area contributed by atoms with Crippen molar-refractivity contribution in [3.05, 3.63) is 59.7 Å². The number of rotatable bonds is 3. The van der Waals surface area contributed by atoms with E-state index in [1.54, 1.807) is 12.1 Å². The maximum absolute atomic E-state index is 12.0. The second-order valence-corrected chi connectivity index (χ2v) is 5.06. The third-order valence-corrected chi connectivity index (χ3v) is 3.33. The minimum Gasteiger partial charge on any atom is -0.397 e. The Morgan fingerprint density at radius 2 is 1.59 bits per heavy atom. The molecular weight excluding hydrogens is 232 g/mol. The van der Waals surface area contributed by atoms with Gasteiger partial charge in [0.1, 0.15) is 5.75 Å². The first-order valence-corrected chi connectivity index (χ1v) is 6.46. The monoisotopic (exact) mass is 246 g/mol. The second kappa shape index (κ2) is 5.15. The molecular formula is C14H14O2S. The quantitative estimate of drug-likeness (QED) is 0.829. The highest BCUT2D eigenvalue weighted by molar-refractivity contribution is 7.80. The Labute approximate surface area is 104 Å². The molecule has 0 aromatic heterocycles. The van der Waals surface area contributed by atoms with Gasteiger partial charge in [-0.15, -0.1) is 0 Å². The van der Waals surface area contributed by atoms with E-state index in [1.807, 2.05) is 50.2 Å². The largest absolute Gasteiger partial charge is 0.397 e. The molecule has 0 saturated heterocycles. The van der Waals surface area contributed by atoms with Gasteiger partial charge in [0.25, 0.3) is 0 Å². The first kappa shape index (κ1) is 11.9. The topological polar surface area (TPSA) is 26.3 Å². The molecule has 0 N–H and O–H groups in total. The van der Waals surface area contributed by atoms with Gasteiger partial charge in [0.2, 0.25) is 11.1 Å². The molecule has 0 spiro atoms. The van der Waals surface area contributed by atoms with Crippen molar-refractivity contribution in [2.24, 2.45) is 0 Å². The molecule has 0 fully saturated rings. The number of benzene rings is 2. The summed E-state index contributed by atoms with van der Waals surface area (Å²) < 4.78 is 17.4. The zero-order chi connectivity index (χ0) is 12.3. The third-order valence-electron chi connectivity index (χ3n) is 2.34. The summed E-state index contributed by atoms with van der Waals surface area (Å²) in [6, 6.07) is 15.1. The van der Waals surface area contributed by atoms with Crippen LogP contribution in [-0.2, 0) is 11.1 Å². The molecule has 0 aliphatic carbocycles. The van der Waals surface area contributed by atoms with Crippen LogP contribution in [0.4, 0.5) is 0 Å². The molecule has 0 aliphatic rings. The molecule has 1 atom stereocenters. The summed E-state index contributed by atoms with van der Waals surface area (Å²) >= 11 is -1.45. The summed E-state index contributed by atoms with van der Waals surface area (Å²) in [6.45, 7) is 3.94. The fourth-order valence-corrected chi connectivity index (χ4v) is 2.37. The Kier molecular flexibility index (Phi) is 3.59. The summed E-state index contributed by atoms with van der Waals surface area (Å²) in [7, 11) is 0. The van der Waals surface area contributed by atoms with Gasteiger partial charge in [0.15, 0.2) is 0 Å². The van der Waals surface area contributed by atoms with Crippen molar-refractivity contribution in [3.8, 4) is 5.75 Å². The number of hydrogen-bond donors (Lipinski definition) is 0. The van der Waals surface area contributed by atoms with Gasteiger partial charge >= 0.3 is 0 Å². The van der Waals surface area contributed by atoms with Crippen LogP contribution in [0.5, 0.6) is 5.75 Å². The highest BCUT2D eigenvalue weighted by Gasteiger charge is 2.06. The molecule has 0 saturated carbocycles. The Morgan fingerprint density at radius 3 is 2.24 bits per heavy atom. The summed E-state index contributed by atoms with van der Waals surface area (Å²) in [5, 5.41) is 0. The SMILES string of the molecule is Cc1cccc(OS(=O)c2cccc(C)c2)c1. The van der Waals surface area contributed by atoms with Crippen molar-refractivity contribution in [2.75, 3.05) is 0 Å². The molecule has 88 valence electrons. The standard InChI is InChI=1S/C14H14O2S/c1-11-5-3-7-13(9-11)16-17(15)14-8-4-6-12(2)10-14/h3-10H,1-2H3. The van der Waals surface area contributed by atoms with Gasteiger partial charge in [0.05, 0.1) is 4.90 Å². The molecule has 0 bridgehead atoms. The summed E-state index contributed by atoms with van der Waals surface area (Å²) in [4.78, 5) is 0.687. The lowest BCUT2D eigenvalue weighted by Crippen LogP contribution is -2.01. The smallest absolute Gasteiger partial charge is 0.240 e. The molecule has 2 aromatic carbocycles. The molecule has 2 rings (SSSR count). The van der Waals surface area contributed by atoms with E-state index in [9.17, 15) is 4.21 Å². The second-order valence-electron chi connectivity index (χ2n) is 3.95. The lowest BCUT2D eigenvalue weighted by atomic mass is 10.2. The van der Waals surface area contributed by atoms with Crippen LogP contribution >= 0.6 is 0 Å². The Balaban J connectivity index is 2.17. The average molecular weight is 246 g/mol. The van der Waals surface area contributed by atoms with Gasteiger partial charge in [-0.1, -0.05) is 24.3 Å². The van der Waals surface area contributed by atoms with Crippen molar-refractivity contribution in [1.29, 1.82) is 0 Å². The van der Waals surface area contributed by atoms with Crippen LogP contribution in [0.3, 0.4) is 0 Å². The van der Waals surface area contributed by atoms with Crippen LogP contribution < -0.4 is 4.18 Å². The van der Waals surface area contributed by atoms with Gasteiger partial charge in [0, 0.05) is 0 Å². The maximum atomic E-state index is 12.0. The van der Waals surface area contributed by atoms with Crippen molar-refractivity contribution < 1.29 is 8.39 Å². The zero-order valence-electron chi connectivity index (χ0n) is 9.84. The molecule has 0 radical (unpaired) electrons. The van der Waals surface area contributed by atoms with E-state index in [2.05, 4.69) is 0 Å². The molecule has 0 amide bonds. The van der Waals surface area contributed by atoms with Gasteiger partial charge < -0.3 is 4.18 Å². The molecule has 0 heterocycles. The van der Waals surface area contributed by atoms with Crippen molar-refractivity contribution in [2.45, 2.75) is 18.7 Å². The zero-order valence-corrected chi connectivity index (χ0v) is 10.7. The van der Waals surface area contributed by atoms with Crippen LogP contribution in [0.15, 0.2) is 53.4 Å². The van der Waals surface area contributed by atoms with E-state index in [1.165, 1.54) is 0 Å². The first-order chi connectivity index (χ1) is 8.15. The van der Waals surface area contributed by atoms with Crippen LogP contribution in [-0.4, -0.2) is 4.21 Å². The Morgan fingerprint density at radius 1 is 0.941 bits per heavy atom. The van der Waals surface area contributed by atoms with E-state index in [4.69, 9.17) is 4.18 Å². The summed E-state index contributed by atoms with van der Waals surface area (Å²) in [5.74, 6) is 0.629. The lowest BCUT2D eigenvalue weighted by Gasteiger charge is -2.05. The molecule has 2 nitrogen and oxygen atoms in total. The van der Waals surface area contributed by atoms with Gasteiger partial charge in [-0.2, -0.15) is 0 Å². The molecule has 17 heavy (non-hydrogen) atoms. The summed E-state index contributed by atoms with van der Waals surface area (Å²) in [6.07, 6.45) is 0. The van der Waals surface area contributed by atoms with E-state index >= 15 is 0 Å². The molecule has 0 aliphatic heterocycles. The van der Waals surface area contributed by atoms with E-state index in [0.29, 0.717) is 10.6 Å². The molecule has 1 unspecified atom stereocenters. The molecule has 2 aromatic rings. The fourth-order valence-electron chi connectivity index (χ4n) is 1.52. The minimum atomic E-state index is -1.45. The lowest BCUT2D eigenvalue weighted by molar-refractivity contribution is 0.561. The average Bonchev–Trinajstić information content (AvgIpc) is 2.29. The van der Waals surface area contributed by atoms with Gasteiger partial charge in [-0.3, -0.25) is 0 Å². The van der Waals surface area contributed by atoms with Crippen LogP contribution in [0.1, 0.15) is 11.1 Å². The van der Waals surface area contributed by atoms with Crippen LogP contribution in [0.25, 0.3) is 0 Å². The van der Waals surface area contributed by atoms with Crippen molar-refractivity contribution in [3.63, 3.8) is 0 Å². The van der Waals surface area contributed by atoms with E-state index < -0.39 is 11.1 Å². The Hall–Kier alpha value is -1.61. The van der Waals surface area contributed by atoms with Gasteiger partial charge in [-0.25, -0.2) is 4.21 Å². The molecule has 3 heteroatoms. The van der Waals surface area contributed by atoms with Crippen LogP contribution in [0.2, 0.25) is 0 Å². The number of aryl methyl sites for hydroxylation is 2. The first-order valence-electron chi connectivity index (χ1n) is 5.38. The van der Waals surface area contributed by atoms with E-state index in [0.717, 1.165) is 11.1 Å². The van der Waals surface area contributed by atoms with Crippen LogP contribution in [0, 0.1) is 13.8 Å².